The minimum Gasteiger partial charge on any atom is -0.130 e. The Morgan fingerprint density at radius 2 is 2.30 bits per heavy atom. The lowest BCUT2D eigenvalue weighted by Gasteiger charge is -1.96. The first kappa shape index (κ1) is 7.96. The zero-order valence-electron chi connectivity index (χ0n) is 5.75. The third kappa shape index (κ3) is 2.24. The van der Waals surface area contributed by atoms with Gasteiger partial charge in [0.1, 0.15) is 0 Å². The van der Waals surface area contributed by atoms with Gasteiger partial charge in [0.2, 0.25) is 0 Å². The van der Waals surface area contributed by atoms with E-state index in [0.717, 1.165) is 0 Å². The van der Waals surface area contributed by atoms with Crippen LogP contribution in [0.4, 0.5) is 0 Å². The molecule has 0 saturated carbocycles. The van der Waals surface area contributed by atoms with E-state index in [2.05, 4.69) is 6.08 Å². The lowest BCUT2D eigenvalue weighted by Crippen LogP contribution is -1.84. The molecule has 0 aromatic carbocycles. The maximum Gasteiger partial charge on any atom is 0.0713 e. The van der Waals surface area contributed by atoms with E-state index >= 15 is 0 Å². The summed E-state index contributed by atoms with van der Waals surface area (Å²) in [6.45, 7) is 0. The molecule has 0 aromatic rings. The zero-order chi connectivity index (χ0) is 7.40. The smallest absolute Gasteiger partial charge is 0.0713 e. The SMILES string of the molecule is CSC1=CC(Cl)C=CC=C1. The van der Waals surface area contributed by atoms with Crippen molar-refractivity contribution >= 4 is 23.4 Å². The Kier molecular flexibility index (Phi) is 3.10. The maximum absolute atomic E-state index is 5.88. The van der Waals surface area contributed by atoms with Gasteiger partial charge in [-0.25, -0.2) is 0 Å². The summed E-state index contributed by atoms with van der Waals surface area (Å²) in [6, 6.07) is 0. The molecule has 1 atom stereocenters. The number of thioether (sulfide) groups is 1. The lowest BCUT2D eigenvalue weighted by molar-refractivity contribution is 1.40. The molecular formula is C8H9ClS. The molecule has 10 heavy (non-hydrogen) atoms. The molecule has 0 nitrogen and oxygen atoms in total. The molecule has 0 bridgehead atoms. The van der Waals surface area contributed by atoms with Gasteiger partial charge in [-0.2, -0.15) is 0 Å². The maximum atomic E-state index is 5.88. The van der Waals surface area contributed by atoms with Crippen molar-refractivity contribution in [3.05, 3.63) is 35.3 Å². The van der Waals surface area contributed by atoms with Crippen LogP contribution >= 0.6 is 23.4 Å². The van der Waals surface area contributed by atoms with E-state index in [0.29, 0.717) is 0 Å². The minimum atomic E-state index is 0.0532. The van der Waals surface area contributed by atoms with Crippen molar-refractivity contribution in [3.63, 3.8) is 0 Å². The Labute approximate surface area is 70.6 Å². The number of rotatable bonds is 1. The lowest BCUT2D eigenvalue weighted by atomic mass is 10.4. The Morgan fingerprint density at radius 3 is 3.00 bits per heavy atom. The fraction of sp³-hybridized carbons (Fsp3) is 0.250. The van der Waals surface area contributed by atoms with Crippen LogP contribution < -0.4 is 0 Å². The van der Waals surface area contributed by atoms with Gasteiger partial charge in [0.15, 0.2) is 0 Å². The first-order valence-electron chi connectivity index (χ1n) is 3.07. The molecule has 0 aromatic heterocycles. The van der Waals surface area contributed by atoms with Gasteiger partial charge in [0.05, 0.1) is 5.38 Å². The first-order valence-corrected chi connectivity index (χ1v) is 4.74. The predicted molar refractivity (Wildman–Crippen MR) is 49.5 cm³/mol. The molecule has 0 heterocycles. The molecule has 1 aliphatic rings. The van der Waals surface area contributed by atoms with E-state index in [9.17, 15) is 0 Å². The van der Waals surface area contributed by atoms with Gasteiger partial charge >= 0.3 is 0 Å². The first-order chi connectivity index (χ1) is 4.83. The van der Waals surface area contributed by atoms with Crippen LogP contribution in [0.15, 0.2) is 35.3 Å². The van der Waals surface area contributed by atoms with Gasteiger partial charge in [-0.1, -0.05) is 18.2 Å². The highest BCUT2D eigenvalue weighted by Gasteiger charge is 1.98. The number of hydrogen-bond acceptors (Lipinski definition) is 1. The van der Waals surface area contributed by atoms with E-state index in [1.165, 1.54) is 4.91 Å². The van der Waals surface area contributed by atoms with Crippen molar-refractivity contribution in [2.75, 3.05) is 6.26 Å². The normalized spacial score (nSPS) is 24.2. The molecule has 54 valence electrons. The third-order valence-electron chi connectivity index (χ3n) is 1.23. The molecule has 0 amide bonds. The van der Waals surface area contributed by atoms with Gasteiger partial charge in [0.25, 0.3) is 0 Å². The van der Waals surface area contributed by atoms with Gasteiger partial charge in [0, 0.05) is 4.91 Å². The van der Waals surface area contributed by atoms with E-state index in [4.69, 9.17) is 11.6 Å². The number of hydrogen-bond donors (Lipinski definition) is 0. The van der Waals surface area contributed by atoms with E-state index in [1.807, 2.05) is 30.6 Å². The van der Waals surface area contributed by atoms with Crippen LogP contribution in [0.1, 0.15) is 0 Å². The minimum absolute atomic E-state index is 0.0532. The predicted octanol–water partition coefficient (Wildman–Crippen LogP) is 2.97. The van der Waals surface area contributed by atoms with Crippen molar-refractivity contribution in [2.24, 2.45) is 0 Å². The summed E-state index contributed by atoms with van der Waals surface area (Å²) in [6.07, 6.45) is 12.1. The molecule has 1 rings (SSSR count). The summed E-state index contributed by atoms with van der Waals surface area (Å²) in [4.78, 5) is 1.23. The van der Waals surface area contributed by atoms with Crippen LogP contribution in [0.25, 0.3) is 0 Å². The third-order valence-corrected chi connectivity index (χ3v) is 2.24. The Morgan fingerprint density at radius 1 is 1.50 bits per heavy atom. The quantitative estimate of drug-likeness (QED) is 0.548. The summed E-state index contributed by atoms with van der Waals surface area (Å²) in [5, 5.41) is 0.0532. The van der Waals surface area contributed by atoms with Crippen LogP contribution in [-0.4, -0.2) is 11.6 Å². The van der Waals surface area contributed by atoms with E-state index < -0.39 is 0 Å². The summed E-state index contributed by atoms with van der Waals surface area (Å²) in [5.41, 5.74) is 0. The van der Waals surface area contributed by atoms with E-state index in [1.54, 1.807) is 11.8 Å². The molecule has 1 aliphatic carbocycles. The second kappa shape index (κ2) is 3.89. The van der Waals surface area contributed by atoms with Gasteiger partial charge < -0.3 is 0 Å². The molecule has 0 radical (unpaired) electrons. The highest BCUT2D eigenvalue weighted by atomic mass is 35.5. The average molecular weight is 173 g/mol. The Balaban J connectivity index is 2.74. The van der Waals surface area contributed by atoms with Gasteiger partial charge in [-0.3, -0.25) is 0 Å². The molecule has 0 aliphatic heterocycles. The van der Waals surface area contributed by atoms with Crippen molar-refractivity contribution < 1.29 is 0 Å². The monoisotopic (exact) mass is 172 g/mol. The Hall–Kier alpha value is -0.140. The van der Waals surface area contributed by atoms with E-state index in [-0.39, 0.29) is 5.38 Å². The Bertz CT molecular complexity index is 191. The van der Waals surface area contributed by atoms with Crippen LogP contribution in [0.2, 0.25) is 0 Å². The molecule has 1 unspecified atom stereocenters. The highest BCUT2D eigenvalue weighted by molar-refractivity contribution is 8.02. The topological polar surface area (TPSA) is 0 Å². The summed E-state index contributed by atoms with van der Waals surface area (Å²) < 4.78 is 0. The van der Waals surface area contributed by atoms with Crippen LogP contribution in [0.3, 0.4) is 0 Å². The fourth-order valence-electron chi connectivity index (χ4n) is 0.725. The van der Waals surface area contributed by atoms with Crippen molar-refractivity contribution in [1.82, 2.24) is 0 Å². The standard InChI is InChI=1S/C8H9ClS/c1-10-8-5-3-2-4-7(9)6-8/h2-7H,1H3. The van der Waals surface area contributed by atoms with Crippen LogP contribution in [-0.2, 0) is 0 Å². The molecule has 0 spiro atoms. The molecule has 0 N–H and O–H groups in total. The second-order valence-corrected chi connectivity index (χ2v) is 3.35. The second-order valence-electron chi connectivity index (χ2n) is 1.96. The van der Waals surface area contributed by atoms with Crippen molar-refractivity contribution in [3.8, 4) is 0 Å². The van der Waals surface area contributed by atoms with Crippen LogP contribution in [0, 0.1) is 0 Å². The summed E-state index contributed by atoms with van der Waals surface area (Å²) >= 11 is 7.59. The summed E-state index contributed by atoms with van der Waals surface area (Å²) in [7, 11) is 0. The molecular weight excluding hydrogens is 164 g/mol. The zero-order valence-corrected chi connectivity index (χ0v) is 7.32. The number of halogens is 1. The summed E-state index contributed by atoms with van der Waals surface area (Å²) in [5.74, 6) is 0. The number of alkyl halides is 1. The largest absolute Gasteiger partial charge is 0.130 e. The van der Waals surface area contributed by atoms with Crippen molar-refractivity contribution in [1.29, 1.82) is 0 Å². The molecule has 0 fully saturated rings. The van der Waals surface area contributed by atoms with Gasteiger partial charge in [-0.05, 0) is 18.4 Å². The highest BCUT2D eigenvalue weighted by Crippen LogP contribution is 2.18. The van der Waals surface area contributed by atoms with Gasteiger partial charge in [-0.15, -0.1) is 23.4 Å². The average Bonchev–Trinajstić information content (AvgIpc) is 2.13. The number of allylic oxidation sites excluding steroid dienone is 5. The fourth-order valence-corrected chi connectivity index (χ4v) is 1.52. The molecule has 2 heteroatoms. The van der Waals surface area contributed by atoms with Crippen LogP contribution in [0.5, 0.6) is 0 Å². The molecule has 0 saturated heterocycles. The van der Waals surface area contributed by atoms with Crippen molar-refractivity contribution in [2.45, 2.75) is 5.38 Å².